The third-order valence-corrected chi connectivity index (χ3v) is 5.40. The lowest BCUT2D eigenvalue weighted by Gasteiger charge is -2.29. The summed E-state index contributed by atoms with van der Waals surface area (Å²) < 4.78 is 5.95. The van der Waals surface area contributed by atoms with Crippen LogP contribution in [0.2, 0.25) is 0 Å². The SMILES string of the molecule is C=CCCCC1CCC(c2ccc(OCCC)c(CCC)c2)CC1. The van der Waals surface area contributed by atoms with E-state index in [1.807, 2.05) is 0 Å². The molecule has 1 heteroatoms. The quantitative estimate of drug-likeness (QED) is 0.330. The largest absolute Gasteiger partial charge is 0.493 e. The van der Waals surface area contributed by atoms with Gasteiger partial charge in [-0.05, 0) is 80.4 Å². The van der Waals surface area contributed by atoms with Gasteiger partial charge >= 0.3 is 0 Å². The Hall–Kier alpha value is -1.24. The Bertz CT molecular complexity index is 483. The molecule has 0 unspecified atom stereocenters. The third-order valence-electron chi connectivity index (χ3n) is 5.40. The minimum Gasteiger partial charge on any atom is -0.493 e. The highest BCUT2D eigenvalue weighted by atomic mass is 16.5. The van der Waals surface area contributed by atoms with Gasteiger partial charge in [-0.25, -0.2) is 0 Å². The van der Waals surface area contributed by atoms with Gasteiger partial charge in [-0.15, -0.1) is 6.58 Å². The summed E-state index contributed by atoms with van der Waals surface area (Å²) in [5.74, 6) is 2.82. The molecule has 0 atom stereocenters. The number of aryl methyl sites for hydroxylation is 1. The van der Waals surface area contributed by atoms with Crippen LogP contribution in [-0.4, -0.2) is 6.61 Å². The smallest absolute Gasteiger partial charge is 0.122 e. The molecule has 1 aromatic rings. The molecule has 0 aliphatic heterocycles. The molecule has 0 saturated heterocycles. The maximum absolute atomic E-state index is 5.95. The van der Waals surface area contributed by atoms with Gasteiger partial charge in [0.15, 0.2) is 0 Å². The lowest BCUT2D eigenvalue weighted by Crippen LogP contribution is -2.13. The topological polar surface area (TPSA) is 9.23 Å². The summed E-state index contributed by atoms with van der Waals surface area (Å²) in [5, 5.41) is 0. The molecule has 0 heterocycles. The normalized spacial score (nSPS) is 20.8. The Balaban J connectivity index is 1.94. The number of benzene rings is 1. The van der Waals surface area contributed by atoms with Crippen molar-refractivity contribution in [1.82, 2.24) is 0 Å². The molecule has 2 rings (SSSR count). The maximum atomic E-state index is 5.95. The average Bonchev–Trinajstić information content (AvgIpc) is 2.62. The van der Waals surface area contributed by atoms with Crippen LogP contribution in [0.1, 0.15) is 88.7 Å². The van der Waals surface area contributed by atoms with Crippen molar-refractivity contribution in [2.45, 2.75) is 84.0 Å². The summed E-state index contributed by atoms with van der Waals surface area (Å²) in [7, 11) is 0. The molecular weight excluding hydrogens is 292 g/mol. The fourth-order valence-corrected chi connectivity index (χ4v) is 4.01. The molecule has 0 amide bonds. The Labute approximate surface area is 149 Å². The number of hydrogen-bond donors (Lipinski definition) is 0. The predicted octanol–water partition coefficient (Wildman–Crippen LogP) is 7.06. The van der Waals surface area contributed by atoms with Crippen molar-refractivity contribution in [3.63, 3.8) is 0 Å². The van der Waals surface area contributed by atoms with E-state index in [-0.39, 0.29) is 0 Å². The van der Waals surface area contributed by atoms with Crippen molar-refractivity contribution in [3.8, 4) is 5.75 Å². The van der Waals surface area contributed by atoms with Crippen LogP contribution in [0, 0.1) is 5.92 Å². The van der Waals surface area contributed by atoms with E-state index in [1.165, 1.54) is 56.9 Å². The molecule has 1 nitrogen and oxygen atoms in total. The Morgan fingerprint density at radius 1 is 1.12 bits per heavy atom. The van der Waals surface area contributed by atoms with E-state index in [0.29, 0.717) is 0 Å². The highest BCUT2D eigenvalue weighted by Gasteiger charge is 2.22. The Kier molecular flexibility index (Phi) is 8.42. The predicted molar refractivity (Wildman–Crippen MR) is 105 cm³/mol. The van der Waals surface area contributed by atoms with Crippen LogP contribution in [0.4, 0.5) is 0 Å². The maximum Gasteiger partial charge on any atom is 0.122 e. The highest BCUT2D eigenvalue weighted by Crippen LogP contribution is 2.39. The van der Waals surface area contributed by atoms with Crippen molar-refractivity contribution in [2.24, 2.45) is 5.92 Å². The van der Waals surface area contributed by atoms with Crippen LogP contribution in [-0.2, 0) is 6.42 Å². The lowest BCUT2D eigenvalue weighted by molar-refractivity contribution is 0.303. The molecule has 0 aromatic heterocycles. The molecular formula is C23H36O. The van der Waals surface area contributed by atoms with Gasteiger partial charge in [0, 0.05) is 0 Å². The zero-order valence-corrected chi connectivity index (χ0v) is 15.9. The molecule has 0 bridgehead atoms. The second-order valence-corrected chi connectivity index (χ2v) is 7.40. The Morgan fingerprint density at radius 2 is 1.92 bits per heavy atom. The summed E-state index contributed by atoms with van der Waals surface area (Å²) in [4.78, 5) is 0. The van der Waals surface area contributed by atoms with E-state index < -0.39 is 0 Å². The van der Waals surface area contributed by atoms with Crippen LogP contribution in [0.15, 0.2) is 30.9 Å². The van der Waals surface area contributed by atoms with Crippen LogP contribution >= 0.6 is 0 Å². The van der Waals surface area contributed by atoms with Crippen molar-refractivity contribution >= 4 is 0 Å². The van der Waals surface area contributed by atoms with Gasteiger partial charge in [0.05, 0.1) is 6.61 Å². The first-order valence-corrected chi connectivity index (χ1v) is 10.1. The number of allylic oxidation sites excluding steroid dienone is 1. The first-order chi connectivity index (χ1) is 11.8. The van der Waals surface area contributed by atoms with Crippen molar-refractivity contribution in [1.29, 1.82) is 0 Å². The van der Waals surface area contributed by atoms with Crippen LogP contribution in [0.3, 0.4) is 0 Å². The van der Waals surface area contributed by atoms with E-state index in [2.05, 4.69) is 44.7 Å². The van der Waals surface area contributed by atoms with Gasteiger partial charge < -0.3 is 4.74 Å². The van der Waals surface area contributed by atoms with E-state index in [0.717, 1.165) is 37.0 Å². The van der Waals surface area contributed by atoms with Gasteiger partial charge in [0.25, 0.3) is 0 Å². The minimum absolute atomic E-state index is 0.761. The fourth-order valence-electron chi connectivity index (χ4n) is 4.01. The summed E-state index contributed by atoms with van der Waals surface area (Å²) in [5.41, 5.74) is 2.96. The molecule has 24 heavy (non-hydrogen) atoms. The van der Waals surface area contributed by atoms with E-state index in [9.17, 15) is 0 Å². The van der Waals surface area contributed by atoms with Crippen molar-refractivity contribution < 1.29 is 4.74 Å². The lowest BCUT2D eigenvalue weighted by atomic mass is 9.76. The standard InChI is InChI=1S/C23H36O/c1-4-7-8-10-19-11-13-20(14-12-19)21-15-16-23(24-17-6-3)22(18-21)9-5-2/h4,15-16,18-20H,1,5-14,17H2,2-3H3. The fraction of sp³-hybridized carbons (Fsp3) is 0.652. The van der Waals surface area contributed by atoms with Gasteiger partial charge in [-0.1, -0.05) is 44.9 Å². The summed E-state index contributed by atoms with van der Waals surface area (Å²) in [6, 6.07) is 7.00. The van der Waals surface area contributed by atoms with Crippen LogP contribution < -0.4 is 4.74 Å². The Morgan fingerprint density at radius 3 is 2.58 bits per heavy atom. The van der Waals surface area contributed by atoms with E-state index >= 15 is 0 Å². The van der Waals surface area contributed by atoms with Crippen LogP contribution in [0.25, 0.3) is 0 Å². The first-order valence-electron chi connectivity index (χ1n) is 10.1. The van der Waals surface area contributed by atoms with Crippen molar-refractivity contribution in [2.75, 3.05) is 6.61 Å². The molecule has 0 spiro atoms. The second kappa shape index (κ2) is 10.6. The average molecular weight is 329 g/mol. The second-order valence-electron chi connectivity index (χ2n) is 7.40. The first kappa shape index (κ1) is 19.1. The molecule has 1 saturated carbocycles. The number of unbranched alkanes of at least 4 members (excludes halogenated alkanes) is 1. The zero-order chi connectivity index (χ0) is 17.2. The minimum atomic E-state index is 0.761. The highest BCUT2D eigenvalue weighted by molar-refractivity contribution is 5.39. The van der Waals surface area contributed by atoms with Crippen molar-refractivity contribution in [3.05, 3.63) is 42.0 Å². The molecule has 0 N–H and O–H groups in total. The number of ether oxygens (including phenoxy) is 1. The third kappa shape index (κ3) is 5.69. The number of hydrogen-bond acceptors (Lipinski definition) is 1. The van der Waals surface area contributed by atoms with E-state index in [4.69, 9.17) is 4.74 Å². The summed E-state index contributed by atoms with van der Waals surface area (Å²) >= 11 is 0. The summed E-state index contributed by atoms with van der Waals surface area (Å²) in [6.07, 6.45) is 14.9. The van der Waals surface area contributed by atoms with Gasteiger partial charge in [0.2, 0.25) is 0 Å². The number of rotatable bonds is 10. The van der Waals surface area contributed by atoms with Gasteiger partial charge in [-0.2, -0.15) is 0 Å². The van der Waals surface area contributed by atoms with Gasteiger partial charge in [0.1, 0.15) is 5.75 Å². The van der Waals surface area contributed by atoms with E-state index in [1.54, 1.807) is 5.56 Å². The molecule has 0 radical (unpaired) electrons. The molecule has 1 aliphatic carbocycles. The molecule has 1 aliphatic rings. The zero-order valence-electron chi connectivity index (χ0n) is 15.9. The van der Waals surface area contributed by atoms with Gasteiger partial charge in [-0.3, -0.25) is 0 Å². The molecule has 1 aromatic carbocycles. The molecule has 134 valence electrons. The molecule has 1 fully saturated rings. The summed E-state index contributed by atoms with van der Waals surface area (Å²) in [6.45, 7) is 9.08. The van der Waals surface area contributed by atoms with Crippen LogP contribution in [0.5, 0.6) is 5.75 Å². The monoisotopic (exact) mass is 328 g/mol.